The van der Waals surface area contributed by atoms with Crippen LogP contribution in [-0.4, -0.2) is 0 Å². The second-order valence-corrected chi connectivity index (χ2v) is 12.1. The Bertz CT molecular complexity index is 2060. The summed E-state index contributed by atoms with van der Waals surface area (Å²) in [5.74, 6) is 0. The van der Waals surface area contributed by atoms with Crippen molar-refractivity contribution >= 4 is 46.3 Å². The molecule has 2 heteroatoms. The summed E-state index contributed by atoms with van der Waals surface area (Å²) in [4.78, 5) is 4.60. The molecule has 0 aliphatic heterocycles. The molecular formula is C46H38N2. The Hall–Kier alpha value is -6.12. The predicted molar refractivity (Wildman–Crippen MR) is 206 cm³/mol. The summed E-state index contributed by atoms with van der Waals surface area (Å²) in [5.41, 5.74) is 14.0. The first kappa shape index (κ1) is 30.5. The Morgan fingerprint density at radius 1 is 0.312 bits per heavy atom. The van der Waals surface area contributed by atoms with Crippen molar-refractivity contribution in [3.63, 3.8) is 0 Å². The van der Waals surface area contributed by atoms with Gasteiger partial charge in [-0.1, -0.05) is 127 Å². The van der Waals surface area contributed by atoms with Gasteiger partial charge in [0.05, 0.1) is 0 Å². The minimum Gasteiger partial charge on any atom is -0.311 e. The van der Waals surface area contributed by atoms with E-state index in [0.29, 0.717) is 0 Å². The third-order valence-corrected chi connectivity index (χ3v) is 8.57. The third kappa shape index (κ3) is 6.99. The fourth-order valence-corrected chi connectivity index (χ4v) is 6.03. The summed E-state index contributed by atoms with van der Waals surface area (Å²) >= 11 is 0. The fourth-order valence-electron chi connectivity index (χ4n) is 6.03. The number of benzene rings is 7. The molecule has 0 aliphatic rings. The molecule has 0 saturated carbocycles. The van der Waals surface area contributed by atoms with E-state index in [4.69, 9.17) is 0 Å². The minimum atomic E-state index is 1.13. The molecule has 7 aromatic rings. The Labute approximate surface area is 284 Å². The molecule has 0 aromatic heterocycles. The van der Waals surface area contributed by atoms with E-state index in [1.54, 1.807) is 0 Å². The molecule has 0 bridgehead atoms. The summed E-state index contributed by atoms with van der Waals surface area (Å²) < 4.78 is 0. The van der Waals surface area contributed by atoms with Gasteiger partial charge in [0.1, 0.15) is 0 Å². The van der Waals surface area contributed by atoms with Crippen LogP contribution in [0, 0.1) is 13.8 Å². The zero-order valence-corrected chi connectivity index (χ0v) is 27.4. The smallest absolute Gasteiger partial charge is 0.0464 e. The largest absolute Gasteiger partial charge is 0.311 e. The predicted octanol–water partition coefficient (Wildman–Crippen LogP) is 13.1. The maximum atomic E-state index is 2.32. The number of nitrogens with zero attached hydrogens (tertiary/aromatic N) is 2. The highest BCUT2D eigenvalue weighted by atomic mass is 15.1. The van der Waals surface area contributed by atoms with Gasteiger partial charge < -0.3 is 9.80 Å². The van der Waals surface area contributed by atoms with Crippen molar-refractivity contribution in [2.24, 2.45) is 0 Å². The summed E-state index contributed by atoms with van der Waals surface area (Å²) in [5, 5.41) is 0. The van der Waals surface area contributed by atoms with E-state index in [1.807, 2.05) is 0 Å². The van der Waals surface area contributed by atoms with Gasteiger partial charge in [-0.2, -0.15) is 0 Å². The molecule has 0 unspecified atom stereocenters. The molecule has 2 nitrogen and oxygen atoms in total. The Morgan fingerprint density at radius 2 is 0.688 bits per heavy atom. The van der Waals surface area contributed by atoms with Crippen molar-refractivity contribution in [2.45, 2.75) is 13.8 Å². The quantitative estimate of drug-likeness (QED) is 0.149. The molecule has 48 heavy (non-hydrogen) atoms. The first-order chi connectivity index (χ1) is 23.6. The standard InChI is InChI=1S/C46H38N2/c1-35-16-28-43(29-17-35)48(46-15-9-10-36(2)34-46)45-32-26-40(27-33-45)39-24-20-37(21-25-39)18-19-38-22-30-44(31-23-38)47(41-11-5-3-6-12-41)42-13-7-4-8-14-42/h3-34H,1-2H3. The Kier molecular flexibility index (Phi) is 8.97. The number of para-hydroxylation sites is 2. The van der Waals surface area contributed by atoms with Crippen molar-refractivity contribution in [2.75, 3.05) is 9.80 Å². The lowest BCUT2D eigenvalue weighted by atomic mass is 10.0. The van der Waals surface area contributed by atoms with Crippen LogP contribution in [0.15, 0.2) is 182 Å². The van der Waals surface area contributed by atoms with E-state index in [2.05, 4.69) is 218 Å². The fraction of sp³-hybridized carbons (Fsp3) is 0.0435. The van der Waals surface area contributed by atoms with Crippen LogP contribution in [0.4, 0.5) is 34.1 Å². The molecule has 0 fully saturated rings. The van der Waals surface area contributed by atoms with E-state index < -0.39 is 0 Å². The SMILES string of the molecule is Cc1ccc(N(c2ccc(-c3ccc(C=Cc4ccc(N(c5ccccc5)c5ccccc5)cc4)cc3)cc2)c2cccc(C)c2)cc1. The number of rotatable bonds is 9. The summed E-state index contributed by atoms with van der Waals surface area (Å²) in [7, 11) is 0. The topological polar surface area (TPSA) is 6.48 Å². The van der Waals surface area contributed by atoms with Crippen LogP contribution in [0.25, 0.3) is 23.3 Å². The second-order valence-electron chi connectivity index (χ2n) is 12.1. The molecule has 0 radical (unpaired) electrons. The van der Waals surface area contributed by atoms with Crippen molar-refractivity contribution in [3.05, 3.63) is 204 Å². The number of anilines is 6. The molecule has 0 saturated heterocycles. The average Bonchev–Trinajstić information content (AvgIpc) is 3.14. The molecule has 0 N–H and O–H groups in total. The molecule has 7 aromatic carbocycles. The van der Waals surface area contributed by atoms with E-state index in [1.165, 1.54) is 27.8 Å². The van der Waals surface area contributed by atoms with Gasteiger partial charge in [0.15, 0.2) is 0 Å². The van der Waals surface area contributed by atoms with Crippen LogP contribution in [0.3, 0.4) is 0 Å². The average molecular weight is 619 g/mol. The lowest BCUT2D eigenvalue weighted by Crippen LogP contribution is -2.10. The molecule has 0 atom stereocenters. The van der Waals surface area contributed by atoms with Crippen LogP contribution in [0.2, 0.25) is 0 Å². The number of aryl methyl sites for hydroxylation is 2. The Morgan fingerprint density at radius 3 is 1.19 bits per heavy atom. The van der Waals surface area contributed by atoms with Gasteiger partial charge in [-0.05, 0) is 114 Å². The van der Waals surface area contributed by atoms with Crippen molar-refractivity contribution in [1.29, 1.82) is 0 Å². The molecule has 0 aliphatic carbocycles. The normalized spacial score (nSPS) is 11.0. The highest BCUT2D eigenvalue weighted by Crippen LogP contribution is 2.37. The second kappa shape index (κ2) is 14.1. The van der Waals surface area contributed by atoms with Gasteiger partial charge in [-0.25, -0.2) is 0 Å². The van der Waals surface area contributed by atoms with Gasteiger partial charge in [0.25, 0.3) is 0 Å². The highest BCUT2D eigenvalue weighted by molar-refractivity contribution is 5.80. The molecule has 0 spiro atoms. The monoisotopic (exact) mass is 618 g/mol. The van der Waals surface area contributed by atoms with E-state index in [9.17, 15) is 0 Å². The highest BCUT2D eigenvalue weighted by Gasteiger charge is 2.13. The van der Waals surface area contributed by atoms with Gasteiger partial charge in [0.2, 0.25) is 0 Å². The van der Waals surface area contributed by atoms with Crippen molar-refractivity contribution < 1.29 is 0 Å². The first-order valence-corrected chi connectivity index (χ1v) is 16.4. The van der Waals surface area contributed by atoms with Crippen LogP contribution in [0.5, 0.6) is 0 Å². The van der Waals surface area contributed by atoms with Crippen LogP contribution < -0.4 is 9.80 Å². The zero-order valence-electron chi connectivity index (χ0n) is 27.4. The lowest BCUT2D eigenvalue weighted by Gasteiger charge is -2.26. The number of hydrogen-bond donors (Lipinski definition) is 0. The van der Waals surface area contributed by atoms with Crippen molar-refractivity contribution in [1.82, 2.24) is 0 Å². The van der Waals surface area contributed by atoms with Crippen LogP contribution >= 0.6 is 0 Å². The third-order valence-electron chi connectivity index (χ3n) is 8.57. The molecule has 0 heterocycles. The van der Waals surface area contributed by atoms with Crippen molar-refractivity contribution in [3.8, 4) is 11.1 Å². The summed E-state index contributed by atoms with van der Waals surface area (Å²) in [6.07, 6.45) is 4.35. The van der Waals surface area contributed by atoms with Crippen LogP contribution in [-0.2, 0) is 0 Å². The zero-order chi connectivity index (χ0) is 32.7. The number of hydrogen-bond acceptors (Lipinski definition) is 2. The van der Waals surface area contributed by atoms with Crippen LogP contribution in [0.1, 0.15) is 22.3 Å². The summed E-state index contributed by atoms with van der Waals surface area (Å²) in [6, 6.07) is 64.7. The summed E-state index contributed by atoms with van der Waals surface area (Å²) in [6.45, 7) is 4.27. The first-order valence-electron chi connectivity index (χ1n) is 16.4. The molecule has 232 valence electrons. The minimum absolute atomic E-state index is 1.13. The Balaban J connectivity index is 1.07. The molecular weight excluding hydrogens is 581 g/mol. The lowest BCUT2D eigenvalue weighted by molar-refractivity contribution is 1.26. The molecule has 0 amide bonds. The maximum Gasteiger partial charge on any atom is 0.0464 e. The molecule has 7 rings (SSSR count). The van der Waals surface area contributed by atoms with E-state index >= 15 is 0 Å². The van der Waals surface area contributed by atoms with E-state index in [0.717, 1.165) is 39.7 Å². The maximum absolute atomic E-state index is 2.32. The van der Waals surface area contributed by atoms with E-state index in [-0.39, 0.29) is 0 Å². The van der Waals surface area contributed by atoms with Gasteiger partial charge in [0, 0.05) is 34.1 Å². The van der Waals surface area contributed by atoms with Gasteiger partial charge >= 0.3 is 0 Å². The van der Waals surface area contributed by atoms with Gasteiger partial charge in [-0.15, -0.1) is 0 Å². The van der Waals surface area contributed by atoms with Gasteiger partial charge in [-0.3, -0.25) is 0 Å².